The fraction of sp³-hybridized carbons (Fsp3) is 0.143. The van der Waals surface area contributed by atoms with Crippen molar-refractivity contribution >= 4 is 24.5 Å². The molecule has 2 aliphatic heterocycles. The molecule has 0 amide bonds. The molecule has 11 heavy (non-hydrogen) atoms. The van der Waals surface area contributed by atoms with Crippen LogP contribution in [0.25, 0.3) is 0 Å². The summed E-state index contributed by atoms with van der Waals surface area (Å²) in [6.45, 7) is 0. The lowest BCUT2D eigenvalue weighted by Crippen LogP contribution is -2.02. The maximum absolute atomic E-state index is 8.97. The highest BCUT2D eigenvalue weighted by Crippen LogP contribution is 2.22. The molecule has 3 nitrogen and oxygen atoms in total. The Balaban J connectivity index is 0.000000605. The molecule has 0 saturated carbocycles. The van der Waals surface area contributed by atoms with Crippen molar-refractivity contribution in [2.24, 2.45) is 9.98 Å². The summed E-state index contributed by atoms with van der Waals surface area (Å²) >= 11 is 0. The SMILES string of the molecule is Cl.OC1=NC=C2N=CC=C2C1. The van der Waals surface area contributed by atoms with E-state index < -0.39 is 0 Å². The van der Waals surface area contributed by atoms with Gasteiger partial charge in [0.05, 0.1) is 18.3 Å². The van der Waals surface area contributed by atoms with Crippen molar-refractivity contribution in [3.05, 3.63) is 23.5 Å². The molecule has 0 aromatic rings. The van der Waals surface area contributed by atoms with Crippen molar-refractivity contribution < 1.29 is 5.11 Å². The van der Waals surface area contributed by atoms with Gasteiger partial charge in [-0.25, -0.2) is 4.99 Å². The van der Waals surface area contributed by atoms with Crippen LogP contribution >= 0.6 is 12.4 Å². The van der Waals surface area contributed by atoms with Gasteiger partial charge in [0, 0.05) is 6.21 Å². The van der Waals surface area contributed by atoms with Gasteiger partial charge in [-0.3, -0.25) is 4.99 Å². The largest absolute Gasteiger partial charge is 0.496 e. The summed E-state index contributed by atoms with van der Waals surface area (Å²) in [4.78, 5) is 7.75. The van der Waals surface area contributed by atoms with E-state index in [1.54, 1.807) is 12.4 Å². The number of hydrogen-bond donors (Lipinski definition) is 1. The standard InChI is InChI=1S/C7H6N2O.ClH/c10-7-3-5-1-2-8-6(5)4-9-7;/h1-2,4H,3H2,(H,9,10);1H. The number of fused-ring (bicyclic) bond motifs is 1. The molecule has 4 heteroatoms. The second-order valence-corrected chi connectivity index (χ2v) is 2.21. The first-order valence-electron chi connectivity index (χ1n) is 3.06. The maximum atomic E-state index is 8.97. The normalized spacial score (nSPS) is 19.5. The van der Waals surface area contributed by atoms with Crippen molar-refractivity contribution in [1.82, 2.24) is 0 Å². The van der Waals surface area contributed by atoms with E-state index in [1.165, 1.54) is 0 Å². The van der Waals surface area contributed by atoms with Crippen molar-refractivity contribution in [3.63, 3.8) is 0 Å². The van der Waals surface area contributed by atoms with Crippen LogP contribution in [0.3, 0.4) is 0 Å². The highest BCUT2D eigenvalue weighted by Gasteiger charge is 2.13. The van der Waals surface area contributed by atoms with Gasteiger partial charge in [0.25, 0.3) is 0 Å². The summed E-state index contributed by atoms with van der Waals surface area (Å²) < 4.78 is 0. The minimum absolute atomic E-state index is 0. The van der Waals surface area contributed by atoms with Gasteiger partial charge in [-0.1, -0.05) is 0 Å². The predicted octanol–water partition coefficient (Wildman–Crippen LogP) is 1.62. The Morgan fingerprint density at radius 1 is 1.45 bits per heavy atom. The van der Waals surface area contributed by atoms with Gasteiger partial charge in [-0.2, -0.15) is 0 Å². The molecular weight excluding hydrogens is 164 g/mol. The predicted molar refractivity (Wildman–Crippen MR) is 46.6 cm³/mol. The minimum atomic E-state index is 0. The first-order valence-corrected chi connectivity index (χ1v) is 3.06. The molecule has 1 N–H and O–H groups in total. The van der Waals surface area contributed by atoms with E-state index in [-0.39, 0.29) is 18.3 Å². The molecule has 0 unspecified atom stereocenters. The van der Waals surface area contributed by atoms with E-state index in [0.717, 1.165) is 11.3 Å². The Morgan fingerprint density at radius 3 is 3.09 bits per heavy atom. The van der Waals surface area contributed by atoms with Gasteiger partial charge in [0.15, 0.2) is 5.90 Å². The highest BCUT2D eigenvalue weighted by atomic mass is 35.5. The van der Waals surface area contributed by atoms with Crippen molar-refractivity contribution in [1.29, 1.82) is 0 Å². The first-order chi connectivity index (χ1) is 4.86. The Labute approximate surface area is 70.3 Å². The van der Waals surface area contributed by atoms with Gasteiger partial charge in [0.1, 0.15) is 0 Å². The van der Waals surface area contributed by atoms with E-state index in [1.807, 2.05) is 6.08 Å². The quantitative estimate of drug-likeness (QED) is 0.590. The molecule has 58 valence electrons. The average molecular weight is 171 g/mol. The molecule has 0 aromatic heterocycles. The fourth-order valence-electron chi connectivity index (χ4n) is 0.993. The number of halogens is 1. The Kier molecular flexibility index (Phi) is 2.10. The van der Waals surface area contributed by atoms with E-state index in [0.29, 0.717) is 6.42 Å². The molecule has 2 aliphatic rings. The number of nitrogens with zero attached hydrogens (tertiary/aromatic N) is 2. The molecule has 2 heterocycles. The zero-order valence-electron chi connectivity index (χ0n) is 5.69. The van der Waals surface area contributed by atoms with Crippen LogP contribution in [0.2, 0.25) is 0 Å². The summed E-state index contributed by atoms with van der Waals surface area (Å²) in [6.07, 6.45) is 5.70. The Morgan fingerprint density at radius 2 is 2.27 bits per heavy atom. The number of aliphatic imine (C=N–C) groups is 2. The van der Waals surface area contributed by atoms with Crippen molar-refractivity contribution in [2.45, 2.75) is 6.42 Å². The monoisotopic (exact) mass is 170 g/mol. The zero-order chi connectivity index (χ0) is 6.97. The smallest absolute Gasteiger partial charge is 0.190 e. The minimum Gasteiger partial charge on any atom is -0.496 e. The average Bonchev–Trinajstić information content (AvgIpc) is 2.33. The summed E-state index contributed by atoms with van der Waals surface area (Å²) in [7, 11) is 0. The fourth-order valence-corrected chi connectivity index (χ4v) is 0.993. The van der Waals surface area contributed by atoms with Gasteiger partial charge >= 0.3 is 0 Å². The molecule has 0 atom stereocenters. The summed E-state index contributed by atoms with van der Waals surface area (Å²) in [5.41, 5.74) is 1.92. The van der Waals surface area contributed by atoms with Crippen LogP contribution in [-0.2, 0) is 0 Å². The lowest BCUT2D eigenvalue weighted by molar-refractivity contribution is 0.536. The topological polar surface area (TPSA) is 45.0 Å². The third kappa shape index (κ3) is 1.33. The number of rotatable bonds is 0. The van der Waals surface area contributed by atoms with Crippen LogP contribution in [0.1, 0.15) is 6.42 Å². The lowest BCUT2D eigenvalue weighted by atomic mass is 10.1. The van der Waals surface area contributed by atoms with Gasteiger partial charge in [0.2, 0.25) is 0 Å². The summed E-state index contributed by atoms with van der Waals surface area (Å²) in [5, 5.41) is 8.97. The van der Waals surface area contributed by atoms with E-state index >= 15 is 0 Å². The molecule has 2 rings (SSSR count). The van der Waals surface area contributed by atoms with Crippen LogP contribution in [0.4, 0.5) is 0 Å². The summed E-state index contributed by atoms with van der Waals surface area (Å²) in [6, 6.07) is 0. The second-order valence-electron chi connectivity index (χ2n) is 2.21. The highest BCUT2D eigenvalue weighted by molar-refractivity contribution is 5.87. The molecular formula is C7H7ClN2O. The molecule has 0 fully saturated rings. The zero-order valence-corrected chi connectivity index (χ0v) is 6.51. The van der Waals surface area contributed by atoms with Gasteiger partial charge in [-0.05, 0) is 11.6 Å². The molecule has 0 spiro atoms. The van der Waals surface area contributed by atoms with E-state index in [2.05, 4.69) is 9.98 Å². The Hall–Kier alpha value is -1.09. The number of allylic oxidation sites excluding steroid dienone is 2. The second kappa shape index (κ2) is 2.88. The Bertz CT molecular complexity index is 289. The number of hydrogen-bond acceptors (Lipinski definition) is 2. The van der Waals surface area contributed by atoms with Crippen LogP contribution in [0, 0.1) is 0 Å². The van der Waals surface area contributed by atoms with Crippen LogP contribution in [0.15, 0.2) is 33.5 Å². The molecule has 0 aromatic carbocycles. The van der Waals surface area contributed by atoms with Crippen LogP contribution in [0.5, 0.6) is 0 Å². The van der Waals surface area contributed by atoms with Crippen molar-refractivity contribution in [2.75, 3.05) is 0 Å². The third-order valence-corrected chi connectivity index (χ3v) is 1.50. The molecule has 0 radical (unpaired) electrons. The first kappa shape index (κ1) is 8.01. The molecule has 0 aliphatic carbocycles. The van der Waals surface area contributed by atoms with Crippen molar-refractivity contribution in [3.8, 4) is 0 Å². The van der Waals surface area contributed by atoms with Gasteiger partial charge < -0.3 is 5.11 Å². The molecule has 0 bridgehead atoms. The van der Waals surface area contributed by atoms with Crippen LogP contribution < -0.4 is 0 Å². The van der Waals surface area contributed by atoms with E-state index in [4.69, 9.17) is 5.11 Å². The number of aliphatic hydroxyl groups excluding tert-OH is 1. The summed E-state index contributed by atoms with van der Waals surface area (Å²) in [5.74, 6) is 0.167. The number of aliphatic hydroxyl groups is 1. The van der Waals surface area contributed by atoms with Crippen LogP contribution in [-0.4, -0.2) is 17.2 Å². The third-order valence-electron chi connectivity index (χ3n) is 1.50. The lowest BCUT2D eigenvalue weighted by Gasteiger charge is -2.05. The van der Waals surface area contributed by atoms with Gasteiger partial charge in [-0.15, -0.1) is 12.4 Å². The molecule has 0 saturated heterocycles. The van der Waals surface area contributed by atoms with E-state index in [9.17, 15) is 0 Å². The maximum Gasteiger partial charge on any atom is 0.190 e.